The lowest BCUT2D eigenvalue weighted by Crippen LogP contribution is -1.97. The molecule has 2 aromatic carbocycles. The number of nitrogens with zero attached hydrogens (tertiary/aromatic N) is 4. The van der Waals surface area contributed by atoms with Gasteiger partial charge in [-0.3, -0.25) is 0 Å². The molecule has 0 aliphatic carbocycles. The topological polar surface area (TPSA) is 43.6 Å². The molecule has 0 N–H and O–H groups in total. The van der Waals surface area contributed by atoms with Crippen LogP contribution in [0.2, 0.25) is 0 Å². The van der Waals surface area contributed by atoms with E-state index in [4.69, 9.17) is 0 Å². The molecule has 0 saturated heterocycles. The predicted molar refractivity (Wildman–Crippen MR) is 97.7 cm³/mol. The first-order valence-electron chi connectivity index (χ1n) is 7.73. The van der Waals surface area contributed by atoms with E-state index in [9.17, 15) is 0 Å². The molecular weight excluding hydrogens is 316 g/mol. The van der Waals surface area contributed by atoms with Crippen molar-refractivity contribution in [1.29, 1.82) is 0 Å². The number of benzene rings is 2. The van der Waals surface area contributed by atoms with Crippen molar-refractivity contribution in [2.45, 2.75) is 10.8 Å². The van der Waals surface area contributed by atoms with Gasteiger partial charge in [0.2, 0.25) is 0 Å². The number of hydrogen-bond acceptors (Lipinski definition) is 4. The Morgan fingerprint density at radius 3 is 2.42 bits per heavy atom. The Balaban J connectivity index is 1.74. The van der Waals surface area contributed by atoms with Gasteiger partial charge in [0.05, 0.1) is 5.75 Å². The Labute approximate surface area is 144 Å². The summed E-state index contributed by atoms with van der Waals surface area (Å²) in [6.45, 7) is 0. The molecule has 118 valence electrons. The summed E-state index contributed by atoms with van der Waals surface area (Å²) < 4.78 is 2.03. The number of rotatable bonds is 4. The summed E-state index contributed by atoms with van der Waals surface area (Å²) in [5.41, 5.74) is 2.01. The summed E-state index contributed by atoms with van der Waals surface area (Å²) in [7, 11) is 2.01. The lowest BCUT2D eigenvalue weighted by Gasteiger charge is -2.09. The Morgan fingerprint density at radius 1 is 0.917 bits per heavy atom. The van der Waals surface area contributed by atoms with Crippen molar-refractivity contribution in [1.82, 2.24) is 19.7 Å². The third-order valence-electron chi connectivity index (χ3n) is 3.96. The molecule has 5 heteroatoms. The molecule has 4 rings (SSSR count). The van der Waals surface area contributed by atoms with Gasteiger partial charge in [0, 0.05) is 35.8 Å². The number of aromatic nitrogens is 4. The molecule has 0 radical (unpaired) electrons. The van der Waals surface area contributed by atoms with Crippen molar-refractivity contribution in [2.24, 2.45) is 7.05 Å². The number of aryl methyl sites for hydroxylation is 1. The molecule has 24 heavy (non-hydrogen) atoms. The van der Waals surface area contributed by atoms with Crippen LogP contribution in [0.1, 0.15) is 5.82 Å². The van der Waals surface area contributed by atoms with Crippen molar-refractivity contribution in [3.8, 4) is 11.3 Å². The van der Waals surface area contributed by atoms with Crippen LogP contribution in [0.25, 0.3) is 22.0 Å². The molecule has 2 aromatic heterocycles. The summed E-state index contributed by atoms with van der Waals surface area (Å²) in [6, 6.07) is 18.5. The van der Waals surface area contributed by atoms with E-state index in [1.54, 1.807) is 11.8 Å². The number of fused-ring (bicyclic) bond motifs is 1. The molecule has 0 fully saturated rings. The molecule has 0 unspecified atom stereocenters. The summed E-state index contributed by atoms with van der Waals surface area (Å²) in [6.07, 6.45) is 3.77. The highest BCUT2D eigenvalue weighted by molar-refractivity contribution is 7.98. The highest BCUT2D eigenvalue weighted by atomic mass is 32.2. The average molecular weight is 332 g/mol. The Bertz CT molecular complexity index is 979. The second-order valence-electron chi connectivity index (χ2n) is 5.51. The van der Waals surface area contributed by atoms with Gasteiger partial charge in [-0.25, -0.2) is 4.98 Å². The maximum absolute atomic E-state index is 4.50. The molecule has 0 amide bonds. The predicted octanol–water partition coefficient (Wildman–Crippen LogP) is 4.32. The van der Waals surface area contributed by atoms with E-state index < -0.39 is 0 Å². The molecule has 0 saturated carbocycles. The third kappa shape index (κ3) is 2.78. The van der Waals surface area contributed by atoms with Gasteiger partial charge in [-0.1, -0.05) is 66.4 Å². The smallest absolute Gasteiger partial charge is 0.127 e. The molecule has 0 spiro atoms. The minimum Gasteiger partial charge on any atom is -0.337 e. The normalized spacial score (nSPS) is 11.0. The molecule has 4 nitrogen and oxygen atoms in total. The SMILES string of the molecule is Cn1ccnc1CSc1nnc(-c2ccccc2)c2ccccc12. The molecule has 0 atom stereocenters. The van der Waals surface area contributed by atoms with Crippen molar-refractivity contribution in [3.05, 3.63) is 72.8 Å². The number of hydrogen-bond donors (Lipinski definition) is 0. The van der Waals surface area contributed by atoms with Crippen LogP contribution in [-0.2, 0) is 12.8 Å². The minimum atomic E-state index is 0.771. The molecular formula is C19H16N4S. The second-order valence-corrected chi connectivity index (χ2v) is 6.47. The fourth-order valence-corrected chi connectivity index (χ4v) is 3.64. The zero-order valence-electron chi connectivity index (χ0n) is 13.3. The van der Waals surface area contributed by atoms with Crippen molar-refractivity contribution >= 4 is 22.5 Å². The van der Waals surface area contributed by atoms with E-state index in [-0.39, 0.29) is 0 Å². The first-order chi connectivity index (χ1) is 11.8. The van der Waals surface area contributed by atoms with E-state index in [1.165, 1.54) is 0 Å². The zero-order chi connectivity index (χ0) is 16.4. The molecule has 0 bridgehead atoms. The monoisotopic (exact) mass is 332 g/mol. The van der Waals surface area contributed by atoms with Gasteiger partial charge in [0.1, 0.15) is 16.5 Å². The van der Waals surface area contributed by atoms with Gasteiger partial charge in [0.15, 0.2) is 0 Å². The first-order valence-corrected chi connectivity index (χ1v) is 8.71. The van der Waals surface area contributed by atoms with Crippen molar-refractivity contribution in [2.75, 3.05) is 0 Å². The van der Waals surface area contributed by atoms with E-state index in [1.807, 2.05) is 54.3 Å². The van der Waals surface area contributed by atoms with Crippen LogP contribution in [0.3, 0.4) is 0 Å². The lowest BCUT2D eigenvalue weighted by molar-refractivity contribution is 0.848. The summed E-state index contributed by atoms with van der Waals surface area (Å²) in [5, 5.41) is 12.2. The van der Waals surface area contributed by atoms with Crippen LogP contribution >= 0.6 is 11.8 Å². The van der Waals surface area contributed by atoms with Gasteiger partial charge < -0.3 is 4.57 Å². The van der Waals surface area contributed by atoms with Crippen LogP contribution in [0.4, 0.5) is 0 Å². The van der Waals surface area contributed by atoms with Crippen molar-refractivity contribution < 1.29 is 0 Å². The van der Waals surface area contributed by atoms with Gasteiger partial charge >= 0.3 is 0 Å². The fraction of sp³-hybridized carbons (Fsp3) is 0.105. The van der Waals surface area contributed by atoms with Crippen LogP contribution in [0.5, 0.6) is 0 Å². The van der Waals surface area contributed by atoms with Crippen LogP contribution in [0.15, 0.2) is 72.0 Å². The highest BCUT2D eigenvalue weighted by Crippen LogP contribution is 2.32. The number of thioether (sulfide) groups is 1. The number of imidazole rings is 1. The van der Waals surface area contributed by atoms with Crippen LogP contribution in [-0.4, -0.2) is 19.7 Å². The molecule has 2 heterocycles. The quantitative estimate of drug-likeness (QED) is 0.522. The zero-order valence-corrected chi connectivity index (χ0v) is 14.1. The lowest BCUT2D eigenvalue weighted by atomic mass is 10.1. The highest BCUT2D eigenvalue weighted by Gasteiger charge is 2.12. The van der Waals surface area contributed by atoms with Gasteiger partial charge in [-0.15, -0.1) is 10.2 Å². The first kappa shape index (κ1) is 14.9. The van der Waals surface area contributed by atoms with E-state index in [2.05, 4.69) is 39.4 Å². The minimum absolute atomic E-state index is 0.771. The average Bonchev–Trinajstić information content (AvgIpc) is 3.05. The molecule has 0 aliphatic rings. The maximum Gasteiger partial charge on any atom is 0.127 e. The van der Waals surface area contributed by atoms with E-state index in [0.29, 0.717) is 0 Å². The van der Waals surface area contributed by atoms with Gasteiger partial charge in [0.25, 0.3) is 0 Å². The van der Waals surface area contributed by atoms with E-state index >= 15 is 0 Å². The summed E-state index contributed by atoms with van der Waals surface area (Å²) in [4.78, 5) is 4.37. The molecule has 4 aromatic rings. The van der Waals surface area contributed by atoms with Gasteiger partial charge in [-0.05, 0) is 0 Å². The summed E-state index contributed by atoms with van der Waals surface area (Å²) >= 11 is 1.67. The van der Waals surface area contributed by atoms with Crippen LogP contribution < -0.4 is 0 Å². The third-order valence-corrected chi connectivity index (χ3v) is 4.94. The summed E-state index contributed by atoms with van der Waals surface area (Å²) in [5.74, 6) is 1.80. The Morgan fingerprint density at radius 2 is 1.67 bits per heavy atom. The van der Waals surface area contributed by atoms with E-state index in [0.717, 1.165) is 38.6 Å². The Kier molecular flexibility index (Phi) is 4.01. The second kappa shape index (κ2) is 6.45. The molecule has 0 aliphatic heterocycles. The standard InChI is InChI=1S/C19H16N4S/c1-23-12-11-20-17(23)13-24-19-16-10-6-5-9-15(16)18(21-22-19)14-7-3-2-4-8-14/h2-12H,13H2,1H3. The maximum atomic E-state index is 4.50. The van der Waals surface area contributed by atoms with Gasteiger partial charge in [-0.2, -0.15) is 0 Å². The fourth-order valence-electron chi connectivity index (χ4n) is 2.66. The van der Waals surface area contributed by atoms with Crippen molar-refractivity contribution in [3.63, 3.8) is 0 Å². The largest absolute Gasteiger partial charge is 0.337 e. The van der Waals surface area contributed by atoms with Crippen LogP contribution in [0, 0.1) is 0 Å². The Hall–Kier alpha value is -2.66.